The predicted molar refractivity (Wildman–Crippen MR) is 58.7 cm³/mol. The highest BCUT2D eigenvalue weighted by atomic mass is 16.4. The molecule has 3 heteroatoms. The first-order valence-electron chi connectivity index (χ1n) is 5.88. The van der Waals surface area contributed by atoms with Crippen molar-refractivity contribution in [2.24, 2.45) is 17.3 Å². The molecule has 0 aromatic rings. The van der Waals surface area contributed by atoms with Crippen LogP contribution in [0.3, 0.4) is 0 Å². The summed E-state index contributed by atoms with van der Waals surface area (Å²) in [4.78, 5) is 13.4. The lowest BCUT2D eigenvalue weighted by Crippen LogP contribution is -2.51. The minimum atomic E-state index is -0.623. The SMILES string of the molecule is C[C@@H]1CN(C2CCC2(C)C)C[C@H]1C(=O)O. The Morgan fingerprint density at radius 1 is 1.40 bits per heavy atom. The lowest BCUT2D eigenvalue weighted by molar-refractivity contribution is -0.142. The van der Waals surface area contributed by atoms with Crippen molar-refractivity contribution in [3.8, 4) is 0 Å². The number of hydrogen-bond donors (Lipinski definition) is 1. The molecule has 1 N–H and O–H groups in total. The van der Waals surface area contributed by atoms with Crippen LogP contribution in [0.25, 0.3) is 0 Å². The Morgan fingerprint density at radius 3 is 2.40 bits per heavy atom. The first-order chi connectivity index (χ1) is 6.92. The van der Waals surface area contributed by atoms with Gasteiger partial charge in [-0.3, -0.25) is 9.69 Å². The first kappa shape index (κ1) is 10.9. The Morgan fingerprint density at radius 2 is 2.07 bits per heavy atom. The summed E-state index contributed by atoms with van der Waals surface area (Å²) in [5, 5.41) is 9.08. The van der Waals surface area contributed by atoms with Crippen molar-refractivity contribution in [2.45, 2.75) is 39.7 Å². The number of carboxylic acids is 1. The number of hydrogen-bond acceptors (Lipinski definition) is 2. The second-order valence-corrected chi connectivity index (χ2v) is 5.92. The summed E-state index contributed by atoms with van der Waals surface area (Å²) >= 11 is 0. The predicted octanol–water partition coefficient (Wildman–Crippen LogP) is 1.83. The first-order valence-corrected chi connectivity index (χ1v) is 5.88. The van der Waals surface area contributed by atoms with Crippen molar-refractivity contribution in [2.75, 3.05) is 13.1 Å². The van der Waals surface area contributed by atoms with Gasteiger partial charge in [0.1, 0.15) is 0 Å². The van der Waals surface area contributed by atoms with Gasteiger partial charge in [-0.1, -0.05) is 20.8 Å². The molecule has 2 aliphatic rings. The molecular weight excluding hydrogens is 190 g/mol. The number of aliphatic carboxylic acids is 1. The van der Waals surface area contributed by atoms with Crippen LogP contribution < -0.4 is 0 Å². The maximum atomic E-state index is 11.0. The van der Waals surface area contributed by atoms with Crippen LogP contribution in [0.2, 0.25) is 0 Å². The van der Waals surface area contributed by atoms with Crippen LogP contribution in [0.4, 0.5) is 0 Å². The molecule has 3 nitrogen and oxygen atoms in total. The van der Waals surface area contributed by atoms with Gasteiger partial charge in [-0.2, -0.15) is 0 Å². The van der Waals surface area contributed by atoms with E-state index < -0.39 is 5.97 Å². The Kier molecular flexibility index (Phi) is 2.53. The zero-order valence-corrected chi connectivity index (χ0v) is 9.86. The number of carbonyl (C=O) groups is 1. The summed E-state index contributed by atoms with van der Waals surface area (Å²) in [7, 11) is 0. The molecule has 3 atom stereocenters. The maximum absolute atomic E-state index is 11.0. The second-order valence-electron chi connectivity index (χ2n) is 5.92. The van der Waals surface area contributed by atoms with E-state index in [1.165, 1.54) is 12.8 Å². The van der Waals surface area contributed by atoms with Gasteiger partial charge < -0.3 is 5.11 Å². The summed E-state index contributed by atoms with van der Waals surface area (Å²) in [6.07, 6.45) is 2.52. The molecule has 0 bridgehead atoms. The Hall–Kier alpha value is -0.570. The summed E-state index contributed by atoms with van der Waals surface area (Å²) in [6.45, 7) is 8.36. The van der Waals surface area contributed by atoms with Crippen molar-refractivity contribution < 1.29 is 9.90 Å². The number of rotatable bonds is 2. The standard InChI is InChI=1S/C12H21NO2/c1-8-6-13(7-9(8)11(14)15)10-4-5-12(10,2)3/h8-10H,4-7H2,1-3H3,(H,14,15)/t8-,9-,10?/m1/s1. The van der Waals surface area contributed by atoms with Gasteiger partial charge in [-0.05, 0) is 24.2 Å². The molecule has 2 fully saturated rings. The second kappa shape index (κ2) is 3.48. The number of carboxylic acid groups (broad SMARTS) is 1. The molecule has 1 aliphatic heterocycles. The van der Waals surface area contributed by atoms with E-state index in [0.717, 1.165) is 13.1 Å². The molecule has 0 radical (unpaired) electrons. The van der Waals surface area contributed by atoms with E-state index >= 15 is 0 Å². The van der Waals surface area contributed by atoms with Crippen molar-refractivity contribution in [3.63, 3.8) is 0 Å². The highest BCUT2D eigenvalue weighted by Crippen LogP contribution is 2.45. The van der Waals surface area contributed by atoms with Crippen LogP contribution in [0.1, 0.15) is 33.6 Å². The molecule has 1 saturated carbocycles. The van der Waals surface area contributed by atoms with Crippen molar-refractivity contribution in [3.05, 3.63) is 0 Å². The average molecular weight is 211 g/mol. The van der Waals surface area contributed by atoms with Gasteiger partial charge in [-0.25, -0.2) is 0 Å². The van der Waals surface area contributed by atoms with Gasteiger partial charge in [0.15, 0.2) is 0 Å². The van der Waals surface area contributed by atoms with Gasteiger partial charge in [0.25, 0.3) is 0 Å². The maximum Gasteiger partial charge on any atom is 0.308 e. The highest BCUT2D eigenvalue weighted by molar-refractivity contribution is 5.71. The summed E-state index contributed by atoms with van der Waals surface area (Å²) in [5.74, 6) is -0.470. The minimum Gasteiger partial charge on any atom is -0.481 e. The van der Waals surface area contributed by atoms with Gasteiger partial charge in [-0.15, -0.1) is 0 Å². The van der Waals surface area contributed by atoms with Gasteiger partial charge in [0.05, 0.1) is 5.92 Å². The van der Waals surface area contributed by atoms with Gasteiger partial charge in [0.2, 0.25) is 0 Å². The lowest BCUT2D eigenvalue weighted by atomic mass is 9.66. The molecule has 0 spiro atoms. The minimum absolute atomic E-state index is 0.151. The van der Waals surface area contributed by atoms with Crippen molar-refractivity contribution in [1.29, 1.82) is 0 Å². The summed E-state index contributed by atoms with van der Waals surface area (Å²) in [6, 6.07) is 0.615. The third-order valence-corrected chi connectivity index (χ3v) is 4.36. The quantitative estimate of drug-likeness (QED) is 0.757. The fraction of sp³-hybridized carbons (Fsp3) is 0.917. The van der Waals surface area contributed by atoms with E-state index in [-0.39, 0.29) is 5.92 Å². The van der Waals surface area contributed by atoms with E-state index in [9.17, 15) is 4.79 Å². The Labute approximate surface area is 91.5 Å². The smallest absolute Gasteiger partial charge is 0.308 e. The lowest BCUT2D eigenvalue weighted by Gasteiger charge is -2.49. The van der Waals surface area contributed by atoms with E-state index in [4.69, 9.17) is 5.11 Å². The van der Waals surface area contributed by atoms with Crippen LogP contribution in [0, 0.1) is 17.3 Å². The van der Waals surface area contributed by atoms with Crippen LogP contribution in [-0.4, -0.2) is 35.1 Å². The van der Waals surface area contributed by atoms with Crippen LogP contribution in [-0.2, 0) is 4.79 Å². The third-order valence-electron chi connectivity index (χ3n) is 4.36. The van der Waals surface area contributed by atoms with E-state index in [0.29, 0.717) is 17.4 Å². The molecule has 0 aromatic heterocycles. The average Bonchev–Trinajstić information content (AvgIpc) is 2.45. The molecule has 1 saturated heterocycles. The topological polar surface area (TPSA) is 40.5 Å². The van der Waals surface area contributed by atoms with Crippen LogP contribution in [0.5, 0.6) is 0 Å². The van der Waals surface area contributed by atoms with E-state index in [1.807, 2.05) is 0 Å². The van der Waals surface area contributed by atoms with E-state index in [1.54, 1.807) is 0 Å². The summed E-state index contributed by atoms with van der Waals surface area (Å²) < 4.78 is 0. The zero-order valence-electron chi connectivity index (χ0n) is 9.86. The highest BCUT2D eigenvalue weighted by Gasteiger charge is 2.46. The summed E-state index contributed by atoms with van der Waals surface area (Å²) in [5.41, 5.74) is 0.396. The molecule has 15 heavy (non-hydrogen) atoms. The number of likely N-dealkylation sites (tertiary alicyclic amines) is 1. The molecule has 1 unspecified atom stereocenters. The molecule has 1 aliphatic carbocycles. The molecule has 2 rings (SSSR count). The normalized spacial score (nSPS) is 40.1. The van der Waals surface area contributed by atoms with Crippen molar-refractivity contribution in [1.82, 2.24) is 4.90 Å². The van der Waals surface area contributed by atoms with E-state index in [2.05, 4.69) is 25.7 Å². The van der Waals surface area contributed by atoms with Crippen LogP contribution in [0.15, 0.2) is 0 Å². The molecule has 86 valence electrons. The largest absolute Gasteiger partial charge is 0.481 e. The third kappa shape index (κ3) is 1.78. The Bertz CT molecular complexity index is 275. The van der Waals surface area contributed by atoms with Gasteiger partial charge in [0, 0.05) is 19.1 Å². The van der Waals surface area contributed by atoms with Gasteiger partial charge >= 0.3 is 5.97 Å². The molecule has 0 aromatic carbocycles. The molecular formula is C12H21NO2. The van der Waals surface area contributed by atoms with Crippen LogP contribution >= 0.6 is 0 Å². The zero-order chi connectivity index (χ0) is 11.2. The molecule has 1 heterocycles. The fourth-order valence-electron chi connectivity index (χ4n) is 3.11. The molecule has 0 amide bonds. The fourth-order valence-corrected chi connectivity index (χ4v) is 3.11. The monoisotopic (exact) mass is 211 g/mol. The number of nitrogens with zero attached hydrogens (tertiary/aromatic N) is 1. The van der Waals surface area contributed by atoms with Crippen molar-refractivity contribution >= 4 is 5.97 Å². The Balaban J connectivity index is 2.00.